The van der Waals surface area contributed by atoms with Crippen molar-refractivity contribution in [1.29, 1.82) is 5.26 Å². The second kappa shape index (κ2) is 4.47. The third-order valence-corrected chi connectivity index (χ3v) is 3.29. The van der Waals surface area contributed by atoms with E-state index in [9.17, 15) is 5.26 Å². The summed E-state index contributed by atoms with van der Waals surface area (Å²) in [4.78, 5) is 5.32. The van der Waals surface area contributed by atoms with Gasteiger partial charge in [-0.05, 0) is 29.7 Å². The number of fused-ring (bicyclic) bond motifs is 1. The van der Waals surface area contributed by atoms with Gasteiger partial charge in [0, 0.05) is 4.88 Å². The highest BCUT2D eigenvalue weighted by atomic mass is 32.1. The number of nitrogens with zero attached hydrogens (tertiary/aromatic N) is 2. The van der Waals surface area contributed by atoms with Gasteiger partial charge in [0.1, 0.15) is 17.2 Å². The first-order valence-corrected chi connectivity index (χ1v) is 6.26. The van der Waals surface area contributed by atoms with Gasteiger partial charge >= 0.3 is 0 Å². The number of aromatic nitrogens is 1. The molecule has 0 amide bonds. The number of hydrogen-bond acceptors (Lipinski definition) is 4. The van der Waals surface area contributed by atoms with Gasteiger partial charge in [0.2, 0.25) is 5.89 Å². The van der Waals surface area contributed by atoms with Gasteiger partial charge in [-0.15, -0.1) is 11.3 Å². The minimum atomic E-state index is 0.368. The molecule has 0 N–H and O–H groups in total. The molecule has 3 rings (SSSR count). The monoisotopic (exact) mass is 252 g/mol. The van der Waals surface area contributed by atoms with Crippen molar-refractivity contribution in [3.63, 3.8) is 0 Å². The summed E-state index contributed by atoms with van der Waals surface area (Å²) < 4.78 is 5.57. The van der Waals surface area contributed by atoms with Crippen molar-refractivity contribution < 1.29 is 4.42 Å². The molecule has 0 saturated heterocycles. The molecule has 0 aliphatic heterocycles. The van der Waals surface area contributed by atoms with Gasteiger partial charge in [-0.1, -0.05) is 18.2 Å². The standard InChI is InChI=1S/C14H8N2OS/c15-9-10(8-11-4-3-7-18-11)14-16-12-5-1-2-6-13(12)17-14/h1-8H/b10-8+. The fraction of sp³-hybridized carbons (Fsp3) is 0. The van der Waals surface area contributed by atoms with E-state index in [1.165, 1.54) is 0 Å². The summed E-state index contributed by atoms with van der Waals surface area (Å²) in [5.74, 6) is 0.368. The van der Waals surface area contributed by atoms with Gasteiger partial charge < -0.3 is 4.42 Å². The average Bonchev–Trinajstić information content (AvgIpc) is 3.04. The van der Waals surface area contributed by atoms with Crippen LogP contribution in [0, 0.1) is 11.3 Å². The Labute approximate surface area is 108 Å². The van der Waals surface area contributed by atoms with Crippen molar-refractivity contribution in [3.05, 3.63) is 52.5 Å². The molecule has 1 aromatic carbocycles. The van der Waals surface area contributed by atoms with E-state index in [1.807, 2.05) is 41.8 Å². The van der Waals surface area contributed by atoms with E-state index < -0.39 is 0 Å². The maximum absolute atomic E-state index is 9.19. The molecular weight excluding hydrogens is 244 g/mol. The van der Waals surface area contributed by atoms with E-state index in [4.69, 9.17) is 4.42 Å². The Balaban J connectivity index is 2.09. The predicted octanol–water partition coefficient (Wildman–Crippen LogP) is 3.95. The first kappa shape index (κ1) is 10.8. The zero-order chi connectivity index (χ0) is 12.4. The van der Waals surface area contributed by atoms with Crippen LogP contribution < -0.4 is 0 Å². The van der Waals surface area contributed by atoms with Gasteiger partial charge in [0.05, 0.1) is 0 Å². The van der Waals surface area contributed by atoms with Crippen molar-refractivity contribution in [1.82, 2.24) is 4.98 Å². The molecule has 0 radical (unpaired) electrons. The Morgan fingerprint density at radius 1 is 1.28 bits per heavy atom. The molecule has 2 aromatic heterocycles. The van der Waals surface area contributed by atoms with E-state index in [1.54, 1.807) is 17.4 Å². The smallest absolute Gasteiger partial charge is 0.238 e. The summed E-state index contributed by atoms with van der Waals surface area (Å²) in [6, 6.07) is 13.5. The highest BCUT2D eigenvalue weighted by molar-refractivity contribution is 7.10. The van der Waals surface area contributed by atoms with Gasteiger partial charge in [-0.3, -0.25) is 0 Å². The molecule has 0 aliphatic rings. The zero-order valence-corrected chi connectivity index (χ0v) is 10.1. The summed E-state index contributed by atoms with van der Waals surface area (Å²) in [5.41, 5.74) is 1.90. The van der Waals surface area contributed by atoms with Crippen molar-refractivity contribution in [2.45, 2.75) is 0 Å². The van der Waals surface area contributed by atoms with E-state index in [2.05, 4.69) is 11.1 Å². The maximum Gasteiger partial charge on any atom is 0.238 e. The van der Waals surface area contributed by atoms with Crippen LogP contribution in [0.25, 0.3) is 22.7 Å². The Morgan fingerprint density at radius 3 is 2.89 bits per heavy atom. The van der Waals surface area contributed by atoms with Crippen LogP contribution in [0.2, 0.25) is 0 Å². The molecule has 0 saturated carbocycles. The first-order valence-electron chi connectivity index (χ1n) is 5.38. The van der Waals surface area contributed by atoms with E-state index in [0.29, 0.717) is 17.0 Å². The van der Waals surface area contributed by atoms with Crippen LogP contribution in [0.4, 0.5) is 0 Å². The summed E-state index contributed by atoms with van der Waals surface area (Å²) >= 11 is 1.57. The molecule has 0 fully saturated rings. The number of thiophene rings is 1. The zero-order valence-electron chi connectivity index (χ0n) is 9.33. The van der Waals surface area contributed by atoms with Crippen molar-refractivity contribution >= 4 is 34.1 Å². The number of nitriles is 1. The number of oxazole rings is 1. The van der Waals surface area contributed by atoms with Crippen LogP contribution >= 0.6 is 11.3 Å². The lowest BCUT2D eigenvalue weighted by Gasteiger charge is -1.89. The topological polar surface area (TPSA) is 49.8 Å². The van der Waals surface area contributed by atoms with Crippen molar-refractivity contribution in [2.75, 3.05) is 0 Å². The van der Waals surface area contributed by atoms with Gasteiger partial charge in [-0.2, -0.15) is 5.26 Å². The van der Waals surface area contributed by atoms with E-state index >= 15 is 0 Å². The molecule has 0 atom stereocenters. The second-order valence-electron chi connectivity index (χ2n) is 3.67. The lowest BCUT2D eigenvalue weighted by atomic mass is 10.2. The van der Waals surface area contributed by atoms with Crippen LogP contribution in [-0.2, 0) is 0 Å². The lowest BCUT2D eigenvalue weighted by Crippen LogP contribution is -1.79. The SMILES string of the molecule is N#C/C(=C\c1cccs1)c1nc2ccccc2o1. The predicted molar refractivity (Wildman–Crippen MR) is 71.8 cm³/mol. The second-order valence-corrected chi connectivity index (χ2v) is 4.65. The van der Waals surface area contributed by atoms with Crippen molar-refractivity contribution in [3.8, 4) is 6.07 Å². The summed E-state index contributed by atoms with van der Waals surface area (Å²) in [6.45, 7) is 0. The molecule has 0 bridgehead atoms. The number of allylic oxidation sites excluding steroid dienone is 1. The first-order chi connectivity index (χ1) is 8.86. The van der Waals surface area contributed by atoms with Crippen LogP contribution in [0.15, 0.2) is 46.2 Å². The van der Waals surface area contributed by atoms with Gasteiger partial charge in [0.25, 0.3) is 0 Å². The molecule has 2 heterocycles. The quantitative estimate of drug-likeness (QED) is 0.649. The minimum absolute atomic E-state index is 0.368. The maximum atomic E-state index is 9.19. The fourth-order valence-electron chi connectivity index (χ4n) is 1.64. The van der Waals surface area contributed by atoms with E-state index in [-0.39, 0.29) is 0 Å². The highest BCUT2D eigenvalue weighted by Gasteiger charge is 2.10. The Kier molecular flexibility index (Phi) is 2.67. The normalized spacial score (nSPS) is 11.6. The van der Waals surface area contributed by atoms with Crippen molar-refractivity contribution in [2.24, 2.45) is 0 Å². The summed E-state index contributed by atoms with van der Waals surface area (Å²) in [7, 11) is 0. The Hall–Kier alpha value is -2.38. The number of benzene rings is 1. The minimum Gasteiger partial charge on any atom is -0.435 e. The molecule has 0 spiro atoms. The highest BCUT2D eigenvalue weighted by Crippen LogP contribution is 2.23. The molecule has 0 unspecified atom stereocenters. The number of para-hydroxylation sites is 2. The summed E-state index contributed by atoms with van der Waals surface area (Å²) in [6.07, 6.45) is 1.79. The number of hydrogen-bond donors (Lipinski definition) is 0. The van der Waals surface area contributed by atoms with Crippen LogP contribution in [-0.4, -0.2) is 4.98 Å². The molecule has 3 nitrogen and oxygen atoms in total. The Morgan fingerprint density at radius 2 is 2.17 bits per heavy atom. The van der Waals surface area contributed by atoms with Crippen LogP contribution in [0.3, 0.4) is 0 Å². The van der Waals surface area contributed by atoms with Crippen LogP contribution in [0.1, 0.15) is 10.8 Å². The lowest BCUT2D eigenvalue weighted by molar-refractivity contribution is 0.586. The molecule has 3 aromatic rings. The third-order valence-electron chi connectivity index (χ3n) is 2.47. The summed E-state index contributed by atoms with van der Waals surface area (Å²) in [5, 5.41) is 11.2. The van der Waals surface area contributed by atoms with Crippen LogP contribution in [0.5, 0.6) is 0 Å². The van der Waals surface area contributed by atoms with E-state index in [0.717, 1.165) is 10.4 Å². The Bertz CT molecular complexity index is 715. The largest absolute Gasteiger partial charge is 0.435 e. The molecule has 0 aliphatic carbocycles. The third kappa shape index (κ3) is 1.92. The fourth-order valence-corrected chi connectivity index (χ4v) is 2.30. The average molecular weight is 252 g/mol. The molecule has 4 heteroatoms. The molecular formula is C14H8N2OS. The van der Waals surface area contributed by atoms with Gasteiger partial charge in [-0.25, -0.2) is 4.98 Å². The van der Waals surface area contributed by atoms with Gasteiger partial charge in [0.15, 0.2) is 5.58 Å². The molecule has 18 heavy (non-hydrogen) atoms. The number of rotatable bonds is 2. The molecule has 86 valence electrons.